The molecule has 0 saturated heterocycles. The fourth-order valence-electron chi connectivity index (χ4n) is 9.86. The number of aryl methyl sites for hydroxylation is 2. The van der Waals surface area contributed by atoms with Crippen molar-refractivity contribution in [2.75, 3.05) is 54.5 Å². The van der Waals surface area contributed by atoms with Crippen molar-refractivity contribution in [1.29, 1.82) is 0 Å². The molecule has 3 aromatic carbocycles. The number of ether oxygens (including phenoxy) is 3. The van der Waals surface area contributed by atoms with Crippen molar-refractivity contribution >= 4 is 69.9 Å². The number of amides is 2. The second-order valence-electron chi connectivity index (χ2n) is 20.7. The van der Waals surface area contributed by atoms with Crippen LogP contribution >= 0.6 is 46.1 Å². The summed E-state index contributed by atoms with van der Waals surface area (Å²) in [6, 6.07) is 24.9. The number of hydrogen-bond acceptors (Lipinski definition) is 12. The molecule has 17 heteroatoms. The van der Waals surface area contributed by atoms with Gasteiger partial charge in [0.25, 0.3) is 11.8 Å². The van der Waals surface area contributed by atoms with Crippen molar-refractivity contribution in [3.05, 3.63) is 127 Å². The molecule has 8 rings (SSSR count). The van der Waals surface area contributed by atoms with E-state index in [0.717, 1.165) is 78.7 Å². The first-order valence-electron chi connectivity index (χ1n) is 26.3. The summed E-state index contributed by atoms with van der Waals surface area (Å²) in [6.07, 6.45) is 6.46. The Hall–Kier alpha value is -5.87. The summed E-state index contributed by atoms with van der Waals surface area (Å²) in [7, 11) is 8.02. The molecule has 6 aromatic rings. The van der Waals surface area contributed by atoms with Gasteiger partial charge in [-0.25, -0.2) is 14.8 Å². The summed E-state index contributed by atoms with van der Waals surface area (Å²) in [4.78, 5) is 72.4. The highest BCUT2D eigenvalue weighted by Crippen LogP contribution is 2.41. The number of pyridine rings is 2. The van der Waals surface area contributed by atoms with Gasteiger partial charge in [0.15, 0.2) is 0 Å². The van der Waals surface area contributed by atoms with Crippen molar-refractivity contribution in [2.24, 2.45) is 5.92 Å². The molecule has 0 spiro atoms. The highest BCUT2D eigenvalue weighted by Gasteiger charge is 2.44. The van der Waals surface area contributed by atoms with E-state index in [1.54, 1.807) is 35.6 Å². The van der Waals surface area contributed by atoms with Crippen molar-refractivity contribution in [3.8, 4) is 56.3 Å². The standard InChI is InChI=1S/C60H67Cl3N6O7S/c1-37-15-20-46(61)45(33-37)44-19-23-49(64-56(44)41-17-22-48(63)53(35-41)75-31-12-29-69(5)6)57(71)66-51(39-13-10-14-39)36-54(70)76-59(73)60(26-8-7-9-27-60)67-58(72)50-24-18-43(42-25-32-77-38(42)2)55(65-50)40-16-21-47(62)52(34-40)74-30-11-28-68(3)4/h15-25,32-35,39,51H,7-14,26-31,36H2,1-6H3,(H,66,71)(H,67,72). The van der Waals surface area contributed by atoms with Crippen LogP contribution in [0, 0.1) is 19.8 Å². The number of rotatable bonds is 22. The van der Waals surface area contributed by atoms with Gasteiger partial charge in [-0.3, -0.25) is 14.4 Å². The molecule has 406 valence electrons. The second kappa shape index (κ2) is 26.2. The molecule has 2 N–H and O–H groups in total. The molecule has 3 heterocycles. The normalized spacial score (nSPS) is 14.7. The van der Waals surface area contributed by atoms with Gasteiger partial charge in [0.1, 0.15) is 28.4 Å². The summed E-state index contributed by atoms with van der Waals surface area (Å²) in [5, 5.41) is 9.50. The Balaban J connectivity index is 1.01. The molecule has 2 amide bonds. The van der Waals surface area contributed by atoms with E-state index in [-0.39, 0.29) is 36.6 Å². The van der Waals surface area contributed by atoms with Gasteiger partial charge in [0.2, 0.25) is 0 Å². The van der Waals surface area contributed by atoms with E-state index in [1.807, 2.05) is 108 Å². The van der Waals surface area contributed by atoms with Crippen LogP contribution in [0.25, 0.3) is 44.8 Å². The van der Waals surface area contributed by atoms with Crippen LogP contribution in [0.3, 0.4) is 0 Å². The van der Waals surface area contributed by atoms with Crippen LogP contribution < -0.4 is 20.1 Å². The number of hydrogen-bond donors (Lipinski definition) is 2. The minimum Gasteiger partial charge on any atom is -0.492 e. The van der Waals surface area contributed by atoms with Crippen molar-refractivity contribution < 1.29 is 33.4 Å². The topological polar surface area (TPSA) is 152 Å². The van der Waals surface area contributed by atoms with Crippen molar-refractivity contribution in [1.82, 2.24) is 30.4 Å². The van der Waals surface area contributed by atoms with Gasteiger partial charge in [-0.05, 0) is 164 Å². The Morgan fingerprint density at radius 1 is 0.662 bits per heavy atom. The summed E-state index contributed by atoms with van der Waals surface area (Å²) in [5.41, 5.74) is 5.33. The molecular formula is C60H67Cl3N6O7S. The van der Waals surface area contributed by atoms with Crippen LogP contribution in [-0.2, 0) is 14.3 Å². The zero-order valence-electron chi connectivity index (χ0n) is 44.6. The molecule has 2 saturated carbocycles. The number of halogens is 3. The Morgan fingerprint density at radius 3 is 1.75 bits per heavy atom. The van der Waals surface area contributed by atoms with Crippen molar-refractivity contribution in [2.45, 2.75) is 96.1 Å². The molecule has 2 aliphatic rings. The number of thiophene rings is 1. The highest BCUT2D eigenvalue weighted by molar-refractivity contribution is 7.10. The average Bonchev–Trinajstić information content (AvgIpc) is 3.83. The second-order valence-corrected chi connectivity index (χ2v) is 23.0. The molecule has 3 aromatic heterocycles. The number of benzene rings is 3. The van der Waals surface area contributed by atoms with Gasteiger partial charge in [0.05, 0.1) is 41.1 Å². The largest absolute Gasteiger partial charge is 0.492 e. The van der Waals surface area contributed by atoms with E-state index in [2.05, 4.69) is 20.4 Å². The average molecular weight is 1120 g/mol. The first kappa shape index (κ1) is 57.3. The third-order valence-corrected chi connectivity index (χ3v) is 16.1. The fraction of sp³-hybridized carbons (Fsp3) is 0.400. The van der Waals surface area contributed by atoms with E-state index in [0.29, 0.717) is 80.7 Å². The van der Waals surface area contributed by atoms with Gasteiger partial charge in [-0.2, -0.15) is 0 Å². The quantitative estimate of drug-likeness (QED) is 0.0379. The minimum absolute atomic E-state index is 0.0364. The van der Waals surface area contributed by atoms with E-state index in [4.69, 9.17) is 59.0 Å². The molecule has 1 atom stereocenters. The first-order valence-corrected chi connectivity index (χ1v) is 28.4. The van der Waals surface area contributed by atoms with E-state index < -0.39 is 35.3 Å². The third kappa shape index (κ3) is 14.4. The lowest BCUT2D eigenvalue weighted by Gasteiger charge is -2.36. The number of nitrogens with zero attached hydrogens (tertiary/aromatic N) is 4. The number of esters is 2. The Labute approximate surface area is 471 Å². The van der Waals surface area contributed by atoms with Crippen LogP contribution in [-0.4, -0.2) is 110 Å². The smallest absolute Gasteiger partial charge is 0.339 e. The molecule has 2 fully saturated rings. The number of carbonyl (C=O) groups excluding carboxylic acids is 4. The van der Waals surface area contributed by atoms with Gasteiger partial charge in [0, 0.05) is 56.8 Å². The summed E-state index contributed by atoms with van der Waals surface area (Å²) in [5.74, 6) is -1.76. The summed E-state index contributed by atoms with van der Waals surface area (Å²) < 4.78 is 18.0. The summed E-state index contributed by atoms with van der Waals surface area (Å²) in [6.45, 7) is 6.62. The summed E-state index contributed by atoms with van der Waals surface area (Å²) >= 11 is 21.7. The Bertz CT molecular complexity index is 3100. The maximum atomic E-state index is 14.4. The number of carbonyl (C=O) groups is 4. The van der Waals surface area contributed by atoms with E-state index >= 15 is 0 Å². The third-order valence-electron chi connectivity index (χ3n) is 14.3. The van der Waals surface area contributed by atoms with Crippen LogP contribution in [0.5, 0.6) is 11.5 Å². The number of aromatic nitrogens is 2. The number of nitrogens with one attached hydrogen (secondary N) is 2. The van der Waals surface area contributed by atoms with E-state index in [9.17, 15) is 19.2 Å². The maximum absolute atomic E-state index is 14.4. The lowest BCUT2D eigenvalue weighted by atomic mass is 9.78. The molecule has 1 unspecified atom stereocenters. The molecular weight excluding hydrogens is 1060 g/mol. The molecule has 0 aliphatic heterocycles. The molecule has 13 nitrogen and oxygen atoms in total. The monoisotopic (exact) mass is 1120 g/mol. The zero-order valence-corrected chi connectivity index (χ0v) is 47.7. The van der Waals surface area contributed by atoms with Gasteiger partial charge in [-0.15, -0.1) is 11.3 Å². The SMILES string of the molecule is Cc1ccc(Cl)c(-c2ccc(C(=O)NC(CC(=O)OC(=O)C3(NC(=O)c4ccc(-c5ccsc5C)c(-c5ccc(Cl)c(OCCCN(C)C)c5)n4)CCCCC3)C3CCC3)nc2-c2ccc(Cl)c(OCCCN(C)C)c2)c1. The van der Waals surface area contributed by atoms with Crippen LogP contribution in [0.15, 0.2) is 90.3 Å². The van der Waals surface area contributed by atoms with Crippen LogP contribution in [0.4, 0.5) is 0 Å². The maximum Gasteiger partial charge on any atom is 0.339 e. The predicted molar refractivity (Wildman–Crippen MR) is 308 cm³/mol. The molecule has 0 radical (unpaired) electrons. The first-order chi connectivity index (χ1) is 37.0. The molecule has 0 bridgehead atoms. The van der Waals surface area contributed by atoms with Crippen LogP contribution in [0.2, 0.25) is 15.1 Å². The highest BCUT2D eigenvalue weighted by atomic mass is 35.5. The van der Waals surface area contributed by atoms with E-state index in [1.165, 1.54) is 0 Å². The van der Waals surface area contributed by atoms with Crippen molar-refractivity contribution in [3.63, 3.8) is 0 Å². The van der Waals surface area contributed by atoms with Gasteiger partial charge in [-0.1, -0.05) is 84.2 Å². The zero-order chi connectivity index (χ0) is 54.8. The van der Waals surface area contributed by atoms with Gasteiger partial charge < -0.3 is 34.6 Å². The van der Waals surface area contributed by atoms with Crippen LogP contribution in [0.1, 0.15) is 102 Å². The lowest BCUT2D eigenvalue weighted by molar-refractivity contribution is -0.166. The Kier molecular flexibility index (Phi) is 19.5. The lowest BCUT2D eigenvalue weighted by Crippen LogP contribution is -2.57. The van der Waals surface area contributed by atoms with Gasteiger partial charge >= 0.3 is 11.9 Å². The predicted octanol–water partition coefficient (Wildman–Crippen LogP) is 12.9. The molecule has 77 heavy (non-hydrogen) atoms. The molecule has 2 aliphatic carbocycles. The minimum atomic E-state index is -1.49. The Morgan fingerprint density at radius 2 is 1.22 bits per heavy atom. The fourth-order valence-corrected chi connectivity index (χ4v) is 11.1.